The Labute approximate surface area is 72.4 Å². The molecule has 0 bridgehead atoms. The largest absolute Gasteiger partial charge is 0.0683 e. The van der Waals surface area contributed by atoms with Gasteiger partial charge in [0.25, 0.3) is 0 Å². The monoisotopic (exact) mass is 156 g/mol. The van der Waals surface area contributed by atoms with Crippen LogP contribution >= 0.6 is 0 Å². The second-order valence-corrected chi connectivity index (χ2v) is 3.82. The Kier molecular flexibility index (Phi) is 4.79. The first kappa shape index (κ1) is 11.0. The van der Waals surface area contributed by atoms with E-state index in [1.165, 1.54) is 25.7 Å². The molecule has 1 fully saturated rings. The van der Waals surface area contributed by atoms with E-state index in [1.807, 2.05) is 13.8 Å². The van der Waals surface area contributed by atoms with Crippen LogP contribution in [-0.2, 0) is 0 Å². The van der Waals surface area contributed by atoms with Crippen LogP contribution in [0, 0.1) is 11.3 Å². The fourth-order valence-corrected chi connectivity index (χ4v) is 1.72. The third-order valence-corrected chi connectivity index (χ3v) is 3.30. The molecule has 0 radical (unpaired) electrons. The summed E-state index contributed by atoms with van der Waals surface area (Å²) in [6.07, 6.45) is 5.78. The van der Waals surface area contributed by atoms with E-state index in [9.17, 15) is 0 Å². The first-order valence-corrected chi connectivity index (χ1v) is 5.19. The molecule has 1 aliphatic rings. The Morgan fingerprint density at radius 2 is 1.73 bits per heavy atom. The predicted octanol–water partition coefficient (Wildman–Crippen LogP) is 4.25. The van der Waals surface area contributed by atoms with Crippen LogP contribution in [0.2, 0.25) is 0 Å². The second kappa shape index (κ2) is 4.79. The van der Waals surface area contributed by atoms with E-state index in [-0.39, 0.29) is 0 Å². The summed E-state index contributed by atoms with van der Waals surface area (Å²) >= 11 is 0. The van der Waals surface area contributed by atoms with Gasteiger partial charge < -0.3 is 0 Å². The molecule has 0 N–H and O–H groups in total. The van der Waals surface area contributed by atoms with Gasteiger partial charge in [-0.1, -0.05) is 47.5 Å². The van der Waals surface area contributed by atoms with Gasteiger partial charge in [-0.15, -0.1) is 0 Å². The normalized spacial score (nSPS) is 22.6. The van der Waals surface area contributed by atoms with Crippen LogP contribution in [0.1, 0.15) is 60.3 Å². The van der Waals surface area contributed by atoms with Crippen LogP contribution in [0.4, 0.5) is 0 Å². The van der Waals surface area contributed by atoms with Crippen molar-refractivity contribution in [2.24, 2.45) is 11.3 Å². The SMILES string of the molecule is CC.CCC(C)C1(C)CCC1. The predicted molar refractivity (Wildman–Crippen MR) is 52.8 cm³/mol. The van der Waals surface area contributed by atoms with Gasteiger partial charge in [0.1, 0.15) is 0 Å². The summed E-state index contributed by atoms with van der Waals surface area (Å²) in [5.74, 6) is 0.950. The van der Waals surface area contributed by atoms with E-state index >= 15 is 0 Å². The molecule has 68 valence electrons. The van der Waals surface area contributed by atoms with Gasteiger partial charge in [-0.2, -0.15) is 0 Å². The van der Waals surface area contributed by atoms with Gasteiger partial charge in [-0.3, -0.25) is 0 Å². The lowest BCUT2D eigenvalue weighted by Crippen LogP contribution is -2.32. The van der Waals surface area contributed by atoms with E-state index in [4.69, 9.17) is 0 Å². The molecule has 0 heteroatoms. The van der Waals surface area contributed by atoms with Crippen LogP contribution in [0.5, 0.6) is 0 Å². The second-order valence-electron chi connectivity index (χ2n) is 3.82. The van der Waals surface area contributed by atoms with Crippen molar-refractivity contribution >= 4 is 0 Å². The first-order chi connectivity index (χ1) is 5.19. The summed E-state index contributed by atoms with van der Waals surface area (Å²) in [6, 6.07) is 0. The van der Waals surface area contributed by atoms with Crippen molar-refractivity contribution in [1.82, 2.24) is 0 Å². The molecule has 11 heavy (non-hydrogen) atoms. The number of rotatable bonds is 2. The molecule has 0 heterocycles. The molecule has 0 nitrogen and oxygen atoms in total. The smallest absolute Gasteiger partial charge is 0.0300 e. The van der Waals surface area contributed by atoms with Gasteiger partial charge in [0, 0.05) is 0 Å². The lowest BCUT2D eigenvalue weighted by molar-refractivity contribution is 0.0798. The lowest BCUT2D eigenvalue weighted by atomic mass is 9.62. The molecule has 0 aromatic heterocycles. The molecule has 1 aliphatic carbocycles. The minimum Gasteiger partial charge on any atom is -0.0683 e. The minimum atomic E-state index is 0.731. The molecule has 1 atom stereocenters. The minimum absolute atomic E-state index is 0.731. The lowest BCUT2D eigenvalue weighted by Gasteiger charge is -2.43. The summed E-state index contributed by atoms with van der Waals surface area (Å²) in [6.45, 7) is 11.1. The van der Waals surface area contributed by atoms with E-state index in [1.54, 1.807) is 0 Å². The molecule has 1 unspecified atom stereocenters. The average molecular weight is 156 g/mol. The topological polar surface area (TPSA) is 0 Å². The fourth-order valence-electron chi connectivity index (χ4n) is 1.72. The van der Waals surface area contributed by atoms with Crippen molar-refractivity contribution in [2.75, 3.05) is 0 Å². The van der Waals surface area contributed by atoms with Crippen molar-refractivity contribution < 1.29 is 0 Å². The Bertz CT molecular complexity index is 90.2. The Morgan fingerprint density at radius 1 is 1.27 bits per heavy atom. The highest BCUT2D eigenvalue weighted by molar-refractivity contribution is 4.86. The van der Waals surface area contributed by atoms with Crippen LogP contribution in [0.15, 0.2) is 0 Å². The van der Waals surface area contributed by atoms with Gasteiger partial charge in [0.15, 0.2) is 0 Å². The van der Waals surface area contributed by atoms with Gasteiger partial charge >= 0.3 is 0 Å². The van der Waals surface area contributed by atoms with E-state index < -0.39 is 0 Å². The summed E-state index contributed by atoms with van der Waals surface area (Å²) in [5, 5.41) is 0. The Morgan fingerprint density at radius 3 is 1.82 bits per heavy atom. The van der Waals surface area contributed by atoms with Gasteiger partial charge in [-0.25, -0.2) is 0 Å². The zero-order valence-electron chi connectivity index (χ0n) is 8.91. The summed E-state index contributed by atoms with van der Waals surface area (Å²) < 4.78 is 0. The van der Waals surface area contributed by atoms with Crippen LogP contribution in [0.3, 0.4) is 0 Å². The Balaban J connectivity index is 0.000000461. The van der Waals surface area contributed by atoms with E-state index in [0.29, 0.717) is 0 Å². The summed E-state index contributed by atoms with van der Waals surface area (Å²) in [7, 11) is 0. The van der Waals surface area contributed by atoms with Gasteiger partial charge in [0.2, 0.25) is 0 Å². The summed E-state index contributed by atoms with van der Waals surface area (Å²) in [4.78, 5) is 0. The van der Waals surface area contributed by atoms with E-state index in [2.05, 4.69) is 20.8 Å². The molecule has 0 aromatic carbocycles. The molecular formula is C11H24. The zero-order chi connectivity index (χ0) is 8.91. The Hall–Kier alpha value is 0. The summed E-state index contributed by atoms with van der Waals surface area (Å²) in [5.41, 5.74) is 0.731. The molecule has 0 saturated heterocycles. The molecule has 0 spiro atoms. The number of hydrogen-bond donors (Lipinski definition) is 0. The molecular weight excluding hydrogens is 132 g/mol. The maximum atomic E-state index is 2.44. The van der Waals surface area contributed by atoms with Gasteiger partial charge in [-0.05, 0) is 24.2 Å². The fraction of sp³-hybridized carbons (Fsp3) is 1.00. The average Bonchev–Trinajstić information content (AvgIpc) is 2.02. The highest BCUT2D eigenvalue weighted by Gasteiger charge is 2.35. The maximum absolute atomic E-state index is 2.44. The highest BCUT2D eigenvalue weighted by atomic mass is 14.4. The number of hydrogen-bond acceptors (Lipinski definition) is 0. The van der Waals surface area contributed by atoms with E-state index in [0.717, 1.165) is 11.3 Å². The molecule has 0 aromatic rings. The van der Waals surface area contributed by atoms with Crippen molar-refractivity contribution in [3.63, 3.8) is 0 Å². The zero-order valence-corrected chi connectivity index (χ0v) is 8.91. The van der Waals surface area contributed by atoms with Crippen LogP contribution in [-0.4, -0.2) is 0 Å². The van der Waals surface area contributed by atoms with Crippen molar-refractivity contribution in [3.05, 3.63) is 0 Å². The standard InChI is InChI=1S/C9H18.C2H6/c1-4-8(2)9(3)6-5-7-9;1-2/h8H,4-7H2,1-3H3;1-2H3. The highest BCUT2D eigenvalue weighted by Crippen LogP contribution is 2.47. The molecule has 0 amide bonds. The van der Waals surface area contributed by atoms with Gasteiger partial charge in [0.05, 0.1) is 0 Å². The molecule has 0 aliphatic heterocycles. The van der Waals surface area contributed by atoms with Crippen molar-refractivity contribution in [1.29, 1.82) is 0 Å². The van der Waals surface area contributed by atoms with Crippen LogP contribution < -0.4 is 0 Å². The van der Waals surface area contributed by atoms with Crippen molar-refractivity contribution in [3.8, 4) is 0 Å². The molecule has 1 rings (SSSR count). The van der Waals surface area contributed by atoms with Crippen LogP contribution in [0.25, 0.3) is 0 Å². The third-order valence-electron chi connectivity index (χ3n) is 3.30. The van der Waals surface area contributed by atoms with Crippen molar-refractivity contribution in [2.45, 2.75) is 60.3 Å². The maximum Gasteiger partial charge on any atom is -0.0300 e. The molecule has 1 saturated carbocycles. The quantitative estimate of drug-likeness (QED) is 0.560. The first-order valence-electron chi connectivity index (χ1n) is 5.19. The third kappa shape index (κ3) is 2.50.